The molecule has 0 radical (unpaired) electrons. The van der Waals surface area contributed by atoms with Gasteiger partial charge in [-0.15, -0.1) is 5.10 Å². The van der Waals surface area contributed by atoms with Crippen molar-refractivity contribution in [3.05, 3.63) is 99.5 Å². The molecule has 0 aliphatic carbocycles. The summed E-state index contributed by atoms with van der Waals surface area (Å²) in [6.45, 7) is 1.59. The van der Waals surface area contributed by atoms with Gasteiger partial charge in [0, 0.05) is 40.4 Å². The van der Waals surface area contributed by atoms with E-state index in [1.807, 2.05) is 19.1 Å². The van der Waals surface area contributed by atoms with E-state index >= 15 is 0 Å². The molecular weight excluding hydrogens is 645 g/mol. The van der Waals surface area contributed by atoms with Crippen LogP contribution in [-0.4, -0.2) is 55.1 Å². The molecule has 0 unspecified atom stereocenters. The molecule has 2 bridgehead atoms. The maximum Gasteiger partial charge on any atom is 0.343 e. The molecule has 2 aromatic carbocycles. The molecule has 1 aliphatic rings. The zero-order chi connectivity index (χ0) is 33.1. The van der Waals surface area contributed by atoms with Crippen molar-refractivity contribution in [2.75, 3.05) is 19.0 Å². The molecule has 3 aromatic heterocycles. The van der Waals surface area contributed by atoms with Gasteiger partial charge < -0.3 is 14.8 Å². The number of nitrogens with one attached hydrogen (secondary N) is 1. The van der Waals surface area contributed by atoms with Gasteiger partial charge in [-0.2, -0.15) is 0 Å². The molecule has 1 amide bonds. The summed E-state index contributed by atoms with van der Waals surface area (Å²) in [6, 6.07) is 15.1. The second kappa shape index (κ2) is 13.7. The molecule has 1 aliphatic heterocycles. The summed E-state index contributed by atoms with van der Waals surface area (Å²) in [4.78, 5) is 48.0. The monoisotopic (exact) mass is 673 g/mol. The van der Waals surface area contributed by atoms with Crippen molar-refractivity contribution in [2.24, 2.45) is 5.92 Å². The van der Waals surface area contributed by atoms with E-state index in [9.17, 15) is 14.4 Å². The van der Waals surface area contributed by atoms with Gasteiger partial charge in [0.2, 0.25) is 5.91 Å². The number of benzene rings is 2. The average Bonchev–Trinajstić information content (AvgIpc) is 3.51. The zero-order valence-corrected chi connectivity index (χ0v) is 26.9. The number of ether oxygens (including phenoxy) is 2. The van der Waals surface area contributed by atoms with Crippen molar-refractivity contribution >= 4 is 40.8 Å². The number of anilines is 1. The molecule has 14 heteroatoms. The molecular formula is C33H29Cl2N7O5. The number of methoxy groups -OCH3 is 1. The largest absolute Gasteiger partial charge is 0.482 e. The van der Waals surface area contributed by atoms with Crippen molar-refractivity contribution in [3.63, 3.8) is 0 Å². The van der Waals surface area contributed by atoms with E-state index in [1.54, 1.807) is 53.4 Å². The fraction of sp³-hybridized carbons (Fsp3) is 0.242. The van der Waals surface area contributed by atoms with Crippen LogP contribution < -0.4 is 15.6 Å². The lowest BCUT2D eigenvalue weighted by Gasteiger charge is -2.23. The normalized spacial score (nSPS) is 16.3. The van der Waals surface area contributed by atoms with E-state index in [4.69, 9.17) is 27.9 Å². The number of fused-ring (bicyclic) bond motifs is 4. The first-order chi connectivity index (χ1) is 22.7. The summed E-state index contributed by atoms with van der Waals surface area (Å²) < 4.78 is 13.3. The van der Waals surface area contributed by atoms with Crippen LogP contribution in [0.4, 0.5) is 5.69 Å². The van der Waals surface area contributed by atoms with E-state index < -0.39 is 12.0 Å². The SMILES string of the molecule is COC(=O)COc1ccc2c(c1)NC(=O)[C@H](C)CCC[C@H](n1cnc(-c3cc(Cl)ccc3-n3cc(Cl)nn3)cc1=O)c1cc-2ccn1. The molecule has 5 aromatic rings. The number of amides is 1. The predicted octanol–water partition coefficient (Wildman–Crippen LogP) is 5.76. The van der Waals surface area contributed by atoms with Crippen molar-refractivity contribution in [3.8, 4) is 33.8 Å². The topological polar surface area (TPSA) is 143 Å². The summed E-state index contributed by atoms with van der Waals surface area (Å²) in [5, 5.41) is 11.6. The third-order valence-corrected chi connectivity index (χ3v) is 8.36. The third kappa shape index (κ3) is 7.03. The van der Waals surface area contributed by atoms with Gasteiger partial charge in [0.1, 0.15) is 5.75 Å². The highest BCUT2D eigenvalue weighted by Gasteiger charge is 2.23. The first-order valence-corrected chi connectivity index (χ1v) is 15.5. The fourth-order valence-electron chi connectivity index (χ4n) is 5.47. The lowest BCUT2D eigenvalue weighted by molar-refractivity contribution is -0.142. The molecule has 0 saturated heterocycles. The molecule has 4 heterocycles. The average molecular weight is 675 g/mol. The van der Waals surface area contributed by atoms with Crippen molar-refractivity contribution in [1.29, 1.82) is 0 Å². The van der Waals surface area contributed by atoms with Crippen LogP contribution >= 0.6 is 23.2 Å². The van der Waals surface area contributed by atoms with E-state index in [2.05, 4.69) is 30.3 Å². The standard InChI is InChI=1S/C33H29Cl2N7O5/c1-19-4-3-5-29(41-18-37-25(15-31(41)43)24-13-21(34)6-9-28(24)42-16-30(35)39-40-42)27-12-20(10-11-36-27)23-8-7-22(47-17-32(44)46-2)14-26(23)38-33(19)45/h6-16,18-19,29H,3-5,17H2,1-2H3,(H,38,45)/t19-,29+/m1/s1. The minimum Gasteiger partial charge on any atom is -0.482 e. The van der Waals surface area contributed by atoms with Gasteiger partial charge in [0.05, 0.1) is 48.4 Å². The zero-order valence-electron chi connectivity index (χ0n) is 25.4. The summed E-state index contributed by atoms with van der Waals surface area (Å²) in [6.07, 6.45) is 6.49. The Hall–Kier alpha value is -5.07. The van der Waals surface area contributed by atoms with Crippen LogP contribution in [-0.2, 0) is 14.3 Å². The second-order valence-corrected chi connectivity index (χ2v) is 11.9. The molecule has 0 fully saturated rings. The first kappa shape index (κ1) is 31.9. The molecule has 0 spiro atoms. The van der Waals surface area contributed by atoms with Crippen LogP contribution in [0.3, 0.4) is 0 Å². The third-order valence-electron chi connectivity index (χ3n) is 7.95. The van der Waals surface area contributed by atoms with Crippen LogP contribution in [0.5, 0.6) is 5.75 Å². The van der Waals surface area contributed by atoms with Crippen molar-refractivity contribution in [2.45, 2.75) is 32.2 Å². The van der Waals surface area contributed by atoms with Crippen LogP contribution in [0.15, 0.2) is 78.1 Å². The summed E-state index contributed by atoms with van der Waals surface area (Å²) in [5.74, 6) is -0.602. The summed E-state index contributed by atoms with van der Waals surface area (Å²) in [7, 11) is 1.28. The van der Waals surface area contributed by atoms with Crippen LogP contribution in [0.2, 0.25) is 10.2 Å². The molecule has 12 nitrogen and oxygen atoms in total. The van der Waals surface area contributed by atoms with E-state index in [0.717, 1.165) is 11.1 Å². The van der Waals surface area contributed by atoms with Crippen LogP contribution in [0.1, 0.15) is 37.9 Å². The van der Waals surface area contributed by atoms with E-state index in [1.165, 1.54) is 24.2 Å². The maximum atomic E-state index is 13.8. The second-order valence-electron chi connectivity index (χ2n) is 11.0. The van der Waals surface area contributed by atoms with Gasteiger partial charge in [0.25, 0.3) is 5.56 Å². The number of rotatable bonds is 6. The number of nitrogens with zero attached hydrogens (tertiary/aromatic N) is 6. The maximum absolute atomic E-state index is 13.8. The van der Waals surface area contributed by atoms with E-state index in [-0.39, 0.29) is 29.1 Å². The van der Waals surface area contributed by atoms with Gasteiger partial charge in [-0.25, -0.2) is 14.5 Å². The number of halogens is 2. The Morgan fingerprint density at radius 1 is 1.02 bits per heavy atom. The van der Waals surface area contributed by atoms with Crippen molar-refractivity contribution in [1.82, 2.24) is 29.5 Å². The Kier molecular flexibility index (Phi) is 9.32. The Morgan fingerprint density at radius 3 is 2.64 bits per heavy atom. The van der Waals surface area contributed by atoms with Gasteiger partial charge in [-0.1, -0.05) is 41.8 Å². The van der Waals surface area contributed by atoms with Gasteiger partial charge >= 0.3 is 5.97 Å². The van der Waals surface area contributed by atoms with Crippen LogP contribution in [0, 0.1) is 5.92 Å². The van der Waals surface area contributed by atoms with Gasteiger partial charge in [-0.05, 0) is 60.9 Å². The first-order valence-electron chi connectivity index (χ1n) is 14.8. The predicted molar refractivity (Wildman–Crippen MR) is 176 cm³/mol. The molecule has 47 heavy (non-hydrogen) atoms. The van der Waals surface area contributed by atoms with Crippen molar-refractivity contribution < 1.29 is 19.1 Å². The number of carbonyl (C=O) groups excluding carboxylic acids is 2. The molecule has 1 N–H and O–H groups in total. The lowest BCUT2D eigenvalue weighted by atomic mass is 9.95. The Labute approximate surface area is 279 Å². The minimum atomic E-state index is -0.522. The molecule has 0 saturated carbocycles. The number of hydrogen-bond acceptors (Lipinski definition) is 9. The van der Waals surface area contributed by atoms with E-state index in [0.29, 0.717) is 58.4 Å². The number of carbonyl (C=O) groups is 2. The fourth-order valence-corrected chi connectivity index (χ4v) is 5.77. The molecule has 2 atom stereocenters. The smallest absolute Gasteiger partial charge is 0.343 e. The highest BCUT2D eigenvalue weighted by Crippen LogP contribution is 2.35. The number of esters is 1. The summed E-state index contributed by atoms with van der Waals surface area (Å²) in [5.41, 5.74) is 3.97. The number of hydrogen-bond donors (Lipinski definition) is 1. The van der Waals surface area contributed by atoms with Crippen LogP contribution in [0.25, 0.3) is 28.1 Å². The minimum absolute atomic E-state index is 0.156. The quantitative estimate of drug-likeness (QED) is 0.223. The highest BCUT2D eigenvalue weighted by atomic mass is 35.5. The Bertz CT molecular complexity index is 2030. The Morgan fingerprint density at radius 2 is 1.87 bits per heavy atom. The lowest BCUT2D eigenvalue weighted by Crippen LogP contribution is -2.27. The summed E-state index contributed by atoms with van der Waals surface area (Å²) >= 11 is 12.3. The molecule has 6 rings (SSSR count). The highest BCUT2D eigenvalue weighted by molar-refractivity contribution is 6.31. The Balaban J connectivity index is 1.39. The van der Waals surface area contributed by atoms with Gasteiger partial charge in [0.15, 0.2) is 11.8 Å². The number of pyridine rings is 1. The number of aromatic nitrogens is 6. The van der Waals surface area contributed by atoms with Gasteiger partial charge in [-0.3, -0.25) is 19.1 Å². The molecule has 240 valence electrons.